The lowest BCUT2D eigenvalue weighted by molar-refractivity contribution is -0.384. The summed E-state index contributed by atoms with van der Waals surface area (Å²) in [5.41, 5.74) is -0.0895. The zero-order valence-corrected chi connectivity index (χ0v) is 17.0. The number of nitrogens with one attached hydrogen (secondary N) is 1. The average Bonchev–Trinajstić information content (AvgIpc) is 2.80. The SMILES string of the molecule is CC.O=C(c1nc2cc(N3CCOCC3)c([N+](=O)[O-])cc2[nH]c1=O)N1CCOCC1. The standard InChI is InChI=1S/C17H19N5O6.C2H6/c23-16-15(17(24)21-3-7-28-8-4-21)18-11-9-13(20-1-5-27-6-2-20)14(22(25)26)10-12(11)19-16;1-2/h9-10H,1-8H2,(H,19,23);1-2H3. The second-order valence-corrected chi connectivity index (χ2v) is 6.53. The van der Waals surface area contributed by atoms with E-state index in [1.54, 1.807) is 6.07 Å². The number of amides is 1. The van der Waals surface area contributed by atoms with Gasteiger partial charge in [0.15, 0.2) is 5.69 Å². The van der Waals surface area contributed by atoms with Gasteiger partial charge in [-0.2, -0.15) is 0 Å². The smallest absolute Gasteiger partial charge is 0.294 e. The number of nitro benzene ring substituents is 1. The molecule has 0 atom stereocenters. The summed E-state index contributed by atoms with van der Waals surface area (Å²) >= 11 is 0. The van der Waals surface area contributed by atoms with Crippen LogP contribution in [0.4, 0.5) is 11.4 Å². The fourth-order valence-corrected chi connectivity index (χ4v) is 3.38. The fourth-order valence-electron chi connectivity index (χ4n) is 3.38. The van der Waals surface area contributed by atoms with Crippen LogP contribution in [0.2, 0.25) is 0 Å². The number of nitrogens with zero attached hydrogens (tertiary/aromatic N) is 4. The summed E-state index contributed by atoms with van der Waals surface area (Å²) in [7, 11) is 0. The maximum atomic E-state index is 12.7. The van der Waals surface area contributed by atoms with Crippen molar-refractivity contribution in [2.24, 2.45) is 0 Å². The van der Waals surface area contributed by atoms with E-state index in [2.05, 4.69) is 9.97 Å². The van der Waals surface area contributed by atoms with Crippen LogP contribution in [0, 0.1) is 10.1 Å². The Morgan fingerprint density at radius 2 is 1.70 bits per heavy atom. The predicted octanol–water partition coefficient (Wildman–Crippen LogP) is 1.17. The highest BCUT2D eigenvalue weighted by atomic mass is 16.6. The van der Waals surface area contributed by atoms with Gasteiger partial charge >= 0.3 is 0 Å². The minimum absolute atomic E-state index is 0.126. The van der Waals surface area contributed by atoms with Gasteiger partial charge in [0.2, 0.25) is 0 Å². The topological polar surface area (TPSA) is 131 Å². The van der Waals surface area contributed by atoms with Crippen LogP contribution in [-0.2, 0) is 9.47 Å². The van der Waals surface area contributed by atoms with Crippen LogP contribution in [0.1, 0.15) is 24.3 Å². The Labute approximate surface area is 172 Å². The molecule has 11 heteroatoms. The number of carbonyl (C=O) groups excluding carboxylic acids is 1. The summed E-state index contributed by atoms with van der Waals surface area (Å²) in [4.78, 5) is 46.3. The van der Waals surface area contributed by atoms with Gasteiger partial charge in [0.1, 0.15) is 5.69 Å². The molecule has 0 saturated carbocycles. The number of aromatic amines is 1. The van der Waals surface area contributed by atoms with E-state index in [9.17, 15) is 19.7 Å². The number of ether oxygens (including phenoxy) is 2. The van der Waals surface area contributed by atoms with Gasteiger partial charge < -0.3 is 24.3 Å². The number of carbonyl (C=O) groups is 1. The third-order valence-corrected chi connectivity index (χ3v) is 4.84. The van der Waals surface area contributed by atoms with Gasteiger partial charge in [-0.15, -0.1) is 0 Å². The maximum Gasteiger partial charge on any atom is 0.294 e. The number of H-pyrrole nitrogens is 1. The highest BCUT2D eigenvalue weighted by molar-refractivity contribution is 5.94. The van der Waals surface area contributed by atoms with Crippen LogP contribution >= 0.6 is 0 Å². The van der Waals surface area contributed by atoms with Gasteiger partial charge in [-0.05, 0) is 6.07 Å². The predicted molar refractivity (Wildman–Crippen MR) is 110 cm³/mol. The van der Waals surface area contributed by atoms with Gasteiger partial charge in [0.25, 0.3) is 17.2 Å². The molecule has 0 bridgehead atoms. The average molecular weight is 419 g/mol. The van der Waals surface area contributed by atoms with Crippen LogP contribution in [-0.4, -0.2) is 78.3 Å². The van der Waals surface area contributed by atoms with Crippen LogP contribution in [0.3, 0.4) is 0 Å². The van der Waals surface area contributed by atoms with E-state index in [-0.39, 0.29) is 16.9 Å². The first-order valence-electron chi connectivity index (χ1n) is 9.97. The molecule has 30 heavy (non-hydrogen) atoms. The van der Waals surface area contributed by atoms with Crippen LogP contribution in [0.5, 0.6) is 0 Å². The summed E-state index contributed by atoms with van der Waals surface area (Å²) in [6, 6.07) is 2.84. The molecule has 162 valence electrons. The molecule has 0 radical (unpaired) electrons. The van der Waals surface area contributed by atoms with Crippen molar-refractivity contribution in [2.75, 3.05) is 57.5 Å². The number of fused-ring (bicyclic) bond motifs is 1. The Bertz CT molecular complexity index is 979. The second-order valence-electron chi connectivity index (χ2n) is 6.53. The first-order chi connectivity index (χ1) is 14.5. The summed E-state index contributed by atoms with van der Waals surface area (Å²) < 4.78 is 10.5. The van der Waals surface area contributed by atoms with Crippen molar-refractivity contribution in [2.45, 2.75) is 13.8 Å². The summed E-state index contributed by atoms with van der Waals surface area (Å²) in [6.45, 7) is 7.54. The highest BCUT2D eigenvalue weighted by Gasteiger charge is 2.26. The van der Waals surface area contributed by atoms with Gasteiger partial charge in [0, 0.05) is 32.2 Å². The Balaban J connectivity index is 0.00000124. The van der Waals surface area contributed by atoms with E-state index < -0.39 is 16.4 Å². The first-order valence-corrected chi connectivity index (χ1v) is 9.97. The Kier molecular flexibility index (Phi) is 6.95. The highest BCUT2D eigenvalue weighted by Crippen LogP contribution is 2.32. The number of benzene rings is 1. The minimum Gasteiger partial charge on any atom is -0.378 e. The van der Waals surface area contributed by atoms with Crippen LogP contribution < -0.4 is 10.5 Å². The molecule has 3 heterocycles. The Hall–Kier alpha value is -3.05. The normalized spacial score (nSPS) is 16.7. The number of hydrogen-bond donors (Lipinski definition) is 1. The molecule has 1 aromatic carbocycles. The van der Waals surface area contributed by atoms with Crippen molar-refractivity contribution < 1.29 is 19.2 Å². The molecule has 1 N–H and O–H groups in total. The zero-order chi connectivity index (χ0) is 21.7. The first kappa shape index (κ1) is 21.7. The quantitative estimate of drug-likeness (QED) is 0.579. The molecule has 2 saturated heterocycles. The second kappa shape index (κ2) is 9.63. The van der Waals surface area contributed by atoms with E-state index in [1.807, 2.05) is 18.7 Å². The van der Waals surface area contributed by atoms with E-state index in [0.717, 1.165) is 0 Å². The number of rotatable bonds is 3. The number of morpholine rings is 2. The molecule has 2 fully saturated rings. The van der Waals surface area contributed by atoms with E-state index in [4.69, 9.17) is 9.47 Å². The van der Waals surface area contributed by atoms with Gasteiger partial charge in [0.05, 0.1) is 42.4 Å². The molecule has 2 aliphatic heterocycles. The number of aromatic nitrogens is 2. The number of nitro groups is 1. The molecule has 2 aromatic rings. The van der Waals surface area contributed by atoms with E-state index in [0.29, 0.717) is 63.8 Å². The monoisotopic (exact) mass is 419 g/mol. The third kappa shape index (κ3) is 4.41. The van der Waals surface area contributed by atoms with Crippen LogP contribution in [0.15, 0.2) is 16.9 Å². The largest absolute Gasteiger partial charge is 0.378 e. The lowest BCUT2D eigenvalue weighted by Gasteiger charge is -2.28. The van der Waals surface area contributed by atoms with Crippen molar-refractivity contribution in [3.8, 4) is 0 Å². The lowest BCUT2D eigenvalue weighted by atomic mass is 10.2. The summed E-state index contributed by atoms with van der Waals surface area (Å²) in [6.07, 6.45) is 0. The third-order valence-electron chi connectivity index (χ3n) is 4.84. The molecule has 2 aliphatic rings. The lowest BCUT2D eigenvalue weighted by Crippen LogP contribution is -2.43. The minimum atomic E-state index is -0.669. The maximum absolute atomic E-state index is 12.7. The van der Waals surface area contributed by atoms with Gasteiger partial charge in [-0.1, -0.05) is 13.8 Å². The molecule has 11 nitrogen and oxygen atoms in total. The van der Waals surface area contributed by atoms with Crippen molar-refractivity contribution in [1.82, 2.24) is 14.9 Å². The van der Waals surface area contributed by atoms with Gasteiger partial charge in [-0.3, -0.25) is 19.7 Å². The van der Waals surface area contributed by atoms with Crippen molar-refractivity contribution in [1.29, 1.82) is 0 Å². The van der Waals surface area contributed by atoms with Gasteiger partial charge in [-0.25, -0.2) is 4.98 Å². The number of hydrogen-bond acceptors (Lipinski definition) is 8. The van der Waals surface area contributed by atoms with E-state index in [1.165, 1.54) is 11.0 Å². The molecule has 4 rings (SSSR count). The molecule has 0 aliphatic carbocycles. The fraction of sp³-hybridized carbons (Fsp3) is 0.526. The molecular formula is C19H25N5O6. The summed E-state index contributed by atoms with van der Waals surface area (Å²) in [5, 5.41) is 11.5. The summed E-state index contributed by atoms with van der Waals surface area (Å²) in [5.74, 6) is -0.474. The van der Waals surface area contributed by atoms with Crippen molar-refractivity contribution in [3.63, 3.8) is 0 Å². The number of anilines is 1. The van der Waals surface area contributed by atoms with Crippen molar-refractivity contribution in [3.05, 3.63) is 38.3 Å². The van der Waals surface area contributed by atoms with Crippen LogP contribution in [0.25, 0.3) is 11.0 Å². The van der Waals surface area contributed by atoms with Crippen molar-refractivity contribution >= 4 is 28.3 Å². The molecule has 1 aromatic heterocycles. The van der Waals surface area contributed by atoms with E-state index >= 15 is 0 Å². The molecular weight excluding hydrogens is 394 g/mol. The Morgan fingerprint density at radius 3 is 2.30 bits per heavy atom. The zero-order valence-electron chi connectivity index (χ0n) is 17.0. The Morgan fingerprint density at radius 1 is 1.10 bits per heavy atom. The molecule has 0 spiro atoms. The molecule has 0 unspecified atom stereocenters. The molecule has 1 amide bonds.